The largest absolute Gasteiger partial charge is 0.508 e. The smallest absolute Gasteiger partial charge is 0.305 e. The molecule has 0 spiro atoms. The lowest BCUT2D eigenvalue weighted by molar-refractivity contribution is -0.385. The second-order valence-corrected chi connectivity index (χ2v) is 6.52. The molecule has 2 aromatic carbocycles. The number of nitrogens with zero attached hydrogens (tertiary/aromatic N) is 1. The van der Waals surface area contributed by atoms with E-state index in [2.05, 4.69) is 16.0 Å². The number of nitrogens with one attached hydrogen (secondary N) is 4. The third kappa shape index (κ3) is 6.69. The number of amides is 2. The third-order valence-corrected chi connectivity index (χ3v) is 4.12. The summed E-state index contributed by atoms with van der Waals surface area (Å²) >= 11 is 0. The van der Waals surface area contributed by atoms with Gasteiger partial charge in [-0.3, -0.25) is 29.9 Å². The summed E-state index contributed by atoms with van der Waals surface area (Å²) in [4.78, 5) is 46.0. The number of carboxylic acid groups (broad SMARTS) is 1. The standard InChI is InChI=1S/C19H20N6O7/c20-19(21)23-11-3-1-2-10(6-11)18(30)22-9-16(27)24-14(8-17(28)29)13-7-12(25(31)32)4-5-15(13)26/h1-7,14,26H,8-9H2,(H,22,30)(H,24,27)(H,28,29)(H4,20,21,23). The van der Waals surface area contributed by atoms with E-state index in [0.29, 0.717) is 5.69 Å². The van der Waals surface area contributed by atoms with Crippen LogP contribution in [0, 0.1) is 15.5 Å². The Hall–Kier alpha value is -4.68. The summed E-state index contributed by atoms with van der Waals surface area (Å²) in [6.07, 6.45) is -0.660. The Kier molecular flexibility index (Phi) is 7.65. The van der Waals surface area contributed by atoms with E-state index in [1.54, 1.807) is 6.07 Å². The number of carbonyl (C=O) groups is 3. The van der Waals surface area contributed by atoms with Crippen molar-refractivity contribution in [2.24, 2.45) is 5.73 Å². The molecular formula is C19H20N6O7. The molecule has 8 N–H and O–H groups in total. The molecule has 2 rings (SSSR count). The van der Waals surface area contributed by atoms with Gasteiger partial charge in [0.1, 0.15) is 5.75 Å². The van der Waals surface area contributed by atoms with Crippen LogP contribution >= 0.6 is 0 Å². The Labute approximate surface area is 180 Å². The second-order valence-electron chi connectivity index (χ2n) is 6.52. The Balaban J connectivity index is 2.09. The Morgan fingerprint density at radius 2 is 1.91 bits per heavy atom. The topological polar surface area (TPSA) is 221 Å². The van der Waals surface area contributed by atoms with Crippen LogP contribution in [0.25, 0.3) is 0 Å². The van der Waals surface area contributed by atoms with E-state index in [1.165, 1.54) is 18.2 Å². The molecule has 168 valence electrons. The molecule has 0 bridgehead atoms. The fourth-order valence-electron chi connectivity index (χ4n) is 2.75. The minimum Gasteiger partial charge on any atom is -0.508 e. The first-order valence-electron chi connectivity index (χ1n) is 9.04. The number of carboxylic acids is 1. The predicted molar refractivity (Wildman–Crippen MR) is 112 cm³/mol. The number of aromatic hydroxyl groups is 1. The summed E-state index contributed by atoms with van der Waals surface area (Å²) in [5, 5.41) is 44.5. The third-order valence-electron chi connectivity index (χ3n) is 4.12. The first-order chi connectivity index (χ1) is 15.1. The van der Waals surface area contributed by atoms with Crippen LogP contribution in [0.4, 0.5) is 11.4 Å². The van der Waals surface area contributed by atoms with E-state index in [1.807, 2.05) is 0 Å². The number of phenols is 1. The number of carbonyl (C=O) groups excluding carboxylic acids is 2. The number of nitrogens with two attached hydrogens (primary N) is 1. The normalized spacial score (nSPS) is 11.1. The van der Waals surface area contributed by atoms with Crippen molar-refractivity contribution in [2.75, 3.05) is 11.9 Å². The van der Waals surface area contributed by atoms with Gasteiger partial charge in [0.2, 0.25) is 5.91 Å². The molecular weight excluding hydrogens is 424 g/mol. The Bertz CT molecular complexity index is 1070. The van der Waals surface area contributed by atoms with Gasteiger partial charge in [0, 0.05) is 28.9 Å². The van der Waals surface area contributed by atoms with Crippen molar-refractivity contribution in [1.82, 2.24) is 10.6 Å². The molecule has 32 heavy (non-hydrogen) atoms. The van der Waals surface area contributed by atoms with Crippen LogP contribution in [0.1, 0.15) is 28.4 Å². The van der Waals surface area contributed by atoms with Crippen LogP contribution < -0.4 is 21.7 Å². The Morgan fingerprint density at radius 3 is 2.53 bits per heavy atom. The summed E-state index contributed by atoms with van der Waals surface area (Å²) in [6.45, 7) is -0.533. The molecule has 0 aliphatic rings. The van der Waals surface area contributed by atoms with Crippen molar-refractivity contribution in [3.8, 4) is 5.75 Å². The molecule has 13 heteroatoms. The van der Waals surface area contributed by atoms with Gasteiger partial charge in [0.05, 0.1) is 23.9 Å². The molecule has 0 fully saturated rings. The molecule has 2 aromatic rings. The van der Waals surface area contributed by atoms with Crippen LogP contribution in [0.5, 0.6) is 5.75 Å². The molecule has 2 amide bonds. The maximum atomic E-state index is 12.3. The van der Waals surface area contributed by atoms with Crippen LogP contribution in [-0.2, 0) is 9.59 Å². The van der Waals surface area contributed by atoms with Crippen LogP contribution in [-0.4, -0.2) is 45.4 Å². The SMILES string of the molecule is N=C(N)Nc1cccc(C(=O)NCC(=O)NC(CC(=O)O)c2cc([N+](=O)[O-])ccc2O)c1. The summed E-state index contributed by atoms with van der Waals surface area (Å²) in [5.74, 6) is -3.48. The van der Waals surface area contributed by atoms with E-state index < -0.39 is 53.2 Å². The van der Waals surface area contributed by atoms with Crippen molar-refractivity contribution in [3.63, 3.8) is 0 Å². The average molecular weight is 444 g/mol. The molecule has 0 aromatic heterocycles. The minimum absolute atomic E-state index is 0.149. The number of phenolic OH excluding ortho intramolecular Hbond substituents is 1. The number of non-ortho nitro benzene ring substituents is 1. The maximum absolute atomic E-state index is 12.3. The highest BCUT2D eigenvalue weighted by atomic mass is 16.6. The van der Waals surface area contributed by atoms with Crippen molar-refractivity contribution in [1.29, 1.82) is 5.41 Å². The maximum Gasteiger partial charge on any atom is 0.305 e. The molecule has 13 nitrogen and oxygen atoms in total. The van der Waals surface area contributed by atoms with Crippen LogP contribution in [0.3, 0.4) is 0 Å². The number of rotatable bonds is 9. The first kappa shape index (κ1) is 23.6. The lowest BCUT2D eigenvalue weighted by Gasteiger charge is -2.18. The van der Waals surface area contributed by atoms with E-state index >= 15 is 0 Å². The zero-order valence-electron chi connectivity index (χ0n) is 16.5. The van der Waals surface area contributed by atoms with Crippen molar-refractivity contribution >= 4 is 35.1 Å². The average Bonchev–Trinajstić information content (AvgIpc) is 2.71. The predicted octanol–water partition coefficient (Wildman–Crippen LogP) is 0.668. The summed E-state index contributed by atoms with van der Waals surface area (Å²) in [6, 6.07) is 7.73. The number of guanidine groups is 1. The highest BCUT2D eigenvalue weighted by molar-refractivity contribution is 5.98. The molecule has 0 saturated carbocycles. The number of aliphatic carboxylic acids is 1. The number of nitro benzene ring substituents is 1. The molecule has 1 unspecified atom stereocenters. The molecule has 0 heterocycles. The van der Waals surface area contributed by atoms with Gasteiger partial charge < -0.3 is 31.9 Å². The van der Waals surface area contributed by atoms with Gasteiger partial charge in [-0.05, 0) is 24.3 Å². The molecule has 0 saturated heterocycles. The number of nitro groups is 1. The van der Waals surface area contributed by atoms with Crippen molar-refractivity contribution in [2.45, 2.75) is 12.5 Å². The zero-order valence-corrected chi connectivity index (χ0v) is 16.5. The molecule has 0 radical (unpaired) electrons. The monoisotopic (exact) mass is 444 g/mol. The highest BCUT2D eigenvalue weighted by Gasteiger charge is 2.23. The van der Waals surface area contributed by atoms with Gasteiger partial charge >= 0.3 is 5.97 Å². The van der Waals surface area contributed by atoms with E-state index in [4.69, 9.17) is 16.2 Å². The lowest BCUT2D eigenvalue weighted by atomic mass is 10.0. The van der Waals surface area contributed by atoms with E-state index in [0.717, 1.165) is 18.2 Å². The van der Waals surface area contributed by atoms with Gasteiger partial charge in [0.25, 0.3) is 11.6 Å². The van der Waals surface area contributed by atoms with Crippen LogP contribution in [0.15, 0.2) is 42.5 Å². The highest BCUT2D eigenvalue weighted by Crippen LogP contribution is 2.30. The minimum atomic E-state index is -1.32. The van der Waals surface area contributed by atoms with Crippen molar-refractivity contribution in [3.05, 3.63) is 63.7 Å². The second kappa shape index (κ2) is 10.4. The molecule has 0 aliphatic carbocycles. The fraction of sp³-hybridized carbons (Fsp3) is 0.158. The summed E-state index contributed by atoms with van der Waals surface area (Å²) < 4.78 is 0. The van der Waals surface area contributed by atoms with E-state index in [9.17, 15) is 29.6 Å². The quantitative estimate of drug-likeness (QED) is 0.125. The van der Waals surface area contributed by atoms with Gasteiger partial charge in [-0.1, -0.05) is 6.07 Å². The lowest BCUT2D eigenvalue weighted by Crippen LogP contribution is -2.39. The van der Waals surface area contributed by atoms with Gasteiger partial charge in [-0.2, -0.15) is 0 Å². The van der Waals surface area contributed by atoms with Gasteiger partial charge in [0.15, 0.2) is 5.96 Å². The molecule has 0 aliphatic heterocycles. The number of benzene rings is 2. The number of anilines is 1. The Morgan fingerprint density at radius 1 is 1.19 bits per heavy atom. The van der Waals surface area contributed by atoms with Crippen LogP contribution in [0.2, 0.25) is 0 Å². The molecule has 1 atom stereocenters. The van der Waals surface area contributed by atoms with Gasteiger partial charge in [-0.25, -0.2) is 0 Å². The number of hydrogen-bond acceptors (Lipinski definition) is 7. The van der Waals surface area contributed by atoms with E-state index in [-0.39, 0.29) is 17.1 Å². The number of hydrogen-bond donors (Lipinski definition) is 7. The zero-order chi connectivity index (χ0) is 23.8. The summed E-state index contributed by atoms with van der Waals surface area (Å²) in [5.41, 5.74) is 5.25. The first-order valence-corrected chi connectivity index (χ1v) is 9.04. The summed E-state index contributed by atoms with van der Waals surface area (Å²) in [7, 11) is 0. The van der Waals surface area contributed by atoms with Gasteiger partial charge in [-0.15, -0.1) is 0 Å². The van der Waals surface area contributed by atoms with Crippen molar-refractivity contribution < 1.29 is 29.5 Å². The fourth-order valence-corrected chi connectivity index (χ4v) is 2.75.